The lowest BCUT2D eigenvalue weighted by Crippen LogP contribution is -2.18. The van der Waals surface area contributed by atoms with Gasteiger partial charge in [-0.2, -0.15) is 0 Å². The highest BCUT2D eigenvalue weighted by Gasteiger charge is 2.21. The molecular weight excluding hydrogens is 286 g/mol. The van der Waals surface area contributed by atoms with E-state index in [1.807, 2.05) is 12.3 Å². The van der Waals surface area contributed by atoms with E-state index in [1.165, 1.54) is 17.4 Å². The Morgan fingerprint density at radius 1 is 1.22 bits per heavy atom. The molecule has 0 bridgehead atoms. The first-order valence-corrected chi connectivity index (χ1v) is 7.36. The van der Waals surface area contributed by atoms with Crippen molar-refractivity contribution >= 4 is 26.8 Å². The Labute approximate surface area is 118 Å². The van der Waals surface area contributed by atoms with Crippen molar-refractivity contribution in [2.75, 3.05) is 0 Å². The van der Waals surface area contributed by atoms with E-state index in [1.54, 1.807) is 0 Å². The second-order valence-electron chi connectivity index (χ2n) is 5.81. The molecule has 18 heavy (non-hydrogen) atoms. The van der Waals surface area contributed by atoms with Crippen molar-refractivity contribution in [2.45, 2.75) is 38.4 Å². The maximum atomic E-state index is 4.42. The van der Waals surface area contributed by atoms with Crippen LogP contribution in [0.25, 0.3) is 10.9 Å². The van der Waals surface area contributed by atoms with E-state index in [4.69, 9.17) is 0 Å². The maximum absolute atomic E-state index is 4.42. The van der Waals surface area contributed by atoms with Crippen LogP contribution in [0, 0.1) is 5.41 Å². The van der Waals surface area contributed by atoms with Crippen LogP contribution in [-0.4, -0.2) is 9.81 Å². The molecule has 0 aliphatic rings. The SMILES string of the molecule is CC(Br)CC(C)(C)Cc1ccnc2ccccc12. The zero-order valence-electron chi connectivity index (χ0n) is 11.3. The quantitative estimate of drug-likeness (QED) is 0.726. The van der Waals surface area contributed by atoms with Gasteiger partial charge in [-0.05, 0) is 36.0 Å². The number of pyridine rings is 1. The first-order valence-electron chi connectivity index (χ1n) is 6.45. The summed E-state index contributed by atoms with van der Waals surface area (Å²) in [6, 6.07) is 10.5. The second kappa shape index (κ2) is 5.40. The van der Waals surface area contributed by atoms with E-state index in [0.29, 0.717) is 10.2 Å². The first kappa shape index (κ1) is 13.5. The van der Waals surface area contributed by atoms with Crippen molar-refractivity contribution in [3.63, 3.8) is 0 Å². The van der Waals surface area contributed by atoms with Crippen molar-refractivity contribution in [2.24, 2.45) is 5.41 Å². The molecule has 1 aromatic carbocycles. The third-order valence-corrected chi connectivity index (χ3v) is 3.57. The molecule has 96 valence electrons. The number of nitrogens with zero attached hydrogens (tertiary/aromatic N) is 1. The smallest absolute Gasteiger partial charge is 0.0704 e. The van der Waals surface area contributed by atoms with Gasteiger partial charge in [-0.15, -0.1) is 0 Å². The third-order valence-electron chi connectivity index (χ3n) is 3.24. The summed E-state index contributed by atoms with van der Waals surface area (Å²) in [5.74, 6) is 0. The maximum Gasteiger partial charge on any atom is 0.0704 e. The Morgan fingerprint density at radius 3 is 2.67 bits per heavy atom. The molecule has 1 atom stereocenters. The minimum Gasteiger partial charge on any atom is -0.256 e. The topological polar surface area (TPSA) is 12.9 Å². The molecule has 0 saturated carbocycles. The number of benzene rings is 1. The lowest BCUT2D eigenvalue weighted by Gasteiger charge is -2.26. The fraction of sp³-hybridized carbons (Fsp3) is 0.438. The van der Waals surface area contributed by atoms with E-state index >= 15 is 0 Å². The van der Waals surface area contributed by atoms with Gasteiger partial charge < -0.3 is 0 Å². The monoisotopic (exact) mass is 305 g/mol. The van der Waals surface area contributed by atoms with Gasteiger partial charge in [0, 0.05) is 16.4 Å². The van der Waals surface area contributed by atoms with Crippen LogP contribution in [-0.2, 0) is 6.42 Å². The normalized spacial score (nSPS) is 13.8. The van der Waals surface area contributed by atoms with Gasteiger partial charge in [0.2, 0.25) is 0 Å². The molecule has 0 radical (unpaired) electrons. The van der Waals surface area contributed by atoms with Crippen molar-refractivity contribution in [1.82, 2.24) is 4.98 Å². The molecule has 0 aliphatic heterocycles. The van der Waals surface area contributed by atoms with Gasteiger partial charge >= 0.3 is 0 Å². The fourth-order valence-corrected chi connectivity index (χ4v) is 3.53. The Hall–Kier alpha value is -0.890. The summed E-state index contributed by atoms with van der Waals surface area (Å²) >= 11 is 3.66. The van der Waals surface area contributed by atoms with Gasteiger partial charge in [0.1, 0.15) is 0 Å². The van der Waals surface area contributed by atoms with Gasteiger partial charge in [-0.25, -0.2) is 0 Å². The molecule has 0 spiro atoms. The van der Waals surface area contributed by atoms with Crippen LogP contribution in [0.3, 0.4) is 0 Å². The minimum absolute atomic E-state index is 0.299. The number of rotatable bonds is 4. The zero-order chi connectivity index (χ0) is 13.2. The van der Waals surface area contributed by atoms with Crippen molar-refractivity contribution in [3.05, 3.63) is 42.1 Å². The molecule has 0 saturated heterocycles. The summed E-state index contributed by atoms with van der Waals surface area (Å²) in [5.41, 5.74) is 2.80. The Kier molecular flexibility index (Phi) is 4.06. The van der Waals surface area contributed by atoms with Gasteiger partial charge in [0.05, 0.1) is 5.52 Å². The fourth-order valence-electron chi connectivity index (χ4n) is 2.66. The van der Waals surface area contributed by atoms with Crippen molar-refractivity contribution < 1.29 is 0 Å². The molecule has 1 nitrogen and oxygen atoms in total. The van der Waals surface area contributed by atoms with Gasteiger partial charge in [-0.1, -0.05) is 54.9 Å². The highest BCUT2D eigenvalue weighted by atomic mass is 79.9. The Balaban J connectivity index is 2.32. The van der Waals surface area contributed by atoms with Crippen LogP contribution >= 0.6 is 15.9 Å². The Morgan fingerprint density at radius 2 is 1.94 bits per heavy atom. The van der Waals surface area contributed by atoms with E-state index < -0.39 is 0 Å². The average molecular weight is 306 g/mol. The van der Waals surface area contributed by atoms with Gasteiger partial charge in [-0.3, -0.25) is 4.98 Å². The molecule has 1 aromatic heterocycles. The van der Waals surface area contributed by atoms with Gasteiger partial charge in [0.25, 0.3) is 0 Å². The van der Waals surface area contributed by atoms with Crippen molar-refractivity contribution in [3.8, 4) is 0 Å². The summed E-state index contributed by atoms with van der Waals surface area (Å²) in [6.45, 7) is 6.88. The standard InChI is InChI=1S/C16H20BrN/c1-12(17)10-16(2,3)11-13-8-9-18-15-7-5-4-6-14(13)15/h4-9,12H,10-11H2,1-3H3. The van der Waals surface area contributed by atoms with E-state index in [2.05, 4.69) is 66.0 Å². The van der Waals surface area contributed by atoms with Crippen LogP contribution in [0.2, 0.25) is 0 Å². The van der Waals surface area contributed by atoms with Crippen LogP contribution in [0.4, 0.5) is 0 Å². The molecule has 0 N–H and O–H groups in total. The predicted octanol–water partition coefficient (Wildman–Crippen LogP) is 4.98. The molecule has 2 aromatic rings. The van der Waals surface area contributed by atoms with Gasteiger partial charge in [0.15, 0.2) is 0 Å². The molecule has 0 fully saturated rings. The summed E-state index contributed by atoms with van der Waals surface area (Å²) in [5, 5.41) is 1.29. The highest BCUT2D eigenvalue weighted by Crippen LogP contribution is 2.31. The molecule has 0 amide bonds. The van der Waals surface area contributed by atoms with Crippen LogP contribution < -0.4 is 0 Å². The van der Waals surface area contributed by atoms with E-state index in [0.717, 1.165) is 11.9 Å². The number of fused-ring (bicyclic) bond motifs is 1. The summed E-state index contributed by atoms with van der Waals surface area (Å²) in [6.07, 6.45) is 4.18. The number of hydrogen-bond donors (Lipinski definition) is 0. The lowest BCUT2D eigenvalue weighted by atomic mass is 9.81. The lowest BCUT2D eigenvalue weighted by molar-refractivity contribution is 0.336. The summed E-state index contributed by atoms with van der Waals surface area (Å²) in [7, 11) is 0. The molecule has 2 rings (SSSR count). The molecule has 1 unspecified atom stereocenters. The van der Waals surface area contributed by atoms with Crippen LogP contribution in [0.5, 0.6) is 0 Å². The van der Waals surface area contributed by atoms with Crippen LogP contribution in [0.1, 0.15) is 32.8 Å². The third kappa shape index (κ3) is 3.32. The van der Waals surface area contributed by atoms with Crippen LogP contribution in [0.15, 0.2) is 36.5 Å². The number of hydrogen-bond acceptors (Lipinski definition) is 1. The average Bonchev–Trinajstić information content (AvgIpc) is 2.27. The number of alkyl halides is 1. The summed E-state index contributed by atoms with van der Waals surface area (Å²) in [4.78, 5) is 4.98. The van der Waals surface area contributed by atoms with E-state index in [-0.39, 0.29) is 0 Å². The molecule has 0 aliphatic carbocycles. The Bertz CT molecular complexity index is 526. The second-order valence-corrected chi connectivity index (χ2v) is 7.38. The highest BCUT2D eigenvalue weighted by molar-refractivity contribution is 9.09. The molecule has 2 heteroatoms. The number of para-hydroxylation sites is 1. The van der Waals surface area contributed by atoms with Crippen molar-refractivity contribution in [1.29, 1.82) is 0 Å². The minimum atomic E-state index is 0.299. The molecular formula is C16H20BrN. The summed E-state index contributed by atoms with van der Waals surface area (Å²) < 4.78 is 0. The molecule has 1 heterocycles. The number of halogens is 1. The largest absolute Gasteiger partial charge is 0.256 e. The zero-order valence-corrected chi connectivity index (χ0v) is 12.9. The number of aromatic nitrogens is 1. The first-order chi connectivity index (χ1) is 8.48. The predicted molar refractivity (Wildman–Crippen MR) is 82.2 cm³/mol. The van der Waals surface area contributed by atoms with E-state index in [9.17, 15) is 0 Å².